The first-order valence-electron chi connectivity index (χ1n) is 7.12. The van der Waals surface area contributed by atoms with Crippen molar-refractivity contribution in [3.8, 4) is 0 Å². The molecule has 0 spiro atoms. The molecule has 0 saturated heterocycles. The normalized spacial score (nSPS) is 25.8. The van der Waals surface area contributed by atoms with E-state index in [1.807, 2.05) is 24.3 Å². The van der Waals surface area contributed by atoms with Gasteiger partial charge in [0.1, 0.15) is 0 Å². The monoisotopic (exact) mass is 343 g/mol. The Labute approximate surface area is 127 Å². The lowest BCUT2D eigenvalue weighted by Crippen LogP contribution is -2.41. The lowest BCUT2D eigenvalue weighted by molar-refractivity contribution is 0.474. The first-order valence-corrected chi connectivity index (χ1v) is 9.13. The van der Waals surface area contributed by atoms with Gasteiger partial charge in [-0.3, -0.25) is 4.21 Å². The highest BCUT2D eigenvalue weighted by Crippen LogP contribution is 2.29. The van der Waals surface area contributed by atoms with Crippen molar-refractivity contribution in [3.05, 3.63) is 28.7 Å². The third-order valence-corrected chi connectivity index (χ3v) is 6.60. The Morgan fingerprint density at radius 1 is 1.26 bits per heavy atom. The van der Waals surface area contributed by atoms with Crippen LogP contribution in [0.25, 0.3) is 0 Å². The molecule has 2 rings (SSSR count). The first-order chi connectivity index (χ1) is 9.24. The van der Waals surface area contributed by atoms with Gasteiger partial charge in [-0.05, 0) is 47.4 Å². The lowest BCUT2D eigenvalue weighted by Gasteiger charge is -2.25. The number of benzene rings is 1. The van der Waals surface area contributed by atoms with Crippen molar-refractivity contribution in [1.29, 1.82) is 0 Å². The van der Waals surface area contributed by atoms with Crippen molar-refractivity contribution in [2.24, 2.45) is 0 Å². The van der Waals surface area contributed by atoms with Crippen LogP contribution < -0.4 is 5.32 Å². The van der Waals surface area contributed by atoms with E-state index < -0.39 is 10.8 Å². The van der Waals surface area contributed by atoms with Gasteiger partial charge in [-0.2, -0.15) is 0 Å². The van der Waals surface area contributed by atoms with Crippen LogP contribution in [-0.4, -0.2) is 22.0 Å². The molecule has 1 N–H and O–H groups in total. The molecule has 0 heterocycles. The standard InChI is InChI=1S/C15H22BrNOS/c1-2-17-13-9-4-3-5-11-15(13)19(18)14-10-7-6-8-12(14)16/h6-8,10,13,15,17H,2-5,9,11H2,1H3. The summed E-state index contributed by atoms with van der Waals surface area (Å²) in [5.74, 6) is 0. The predicted molar refractivity (Wildman–Crippen MR) is 84.9 cm³/mol. The van der Waals surface area contributed by atoms with Crippen molar-refractivity contribution < 1.29 is 4.21 Å². The second-order valence-electron chi connectivity index (χ2n) is 5.07. The highest BCUT2D eigenvalue weighted by Gasteiger charge is 2.29. The SMILES string of the molecule is CCNC1CCCCCC1S(=O)c1ccccc1Br. The van der Waals surface area contributed by atoms with Crippen molar-refractivity contribution >= 4 is 26.7 Å². The third kappa shape index (κ3) is 3.89. The predicted octanol–water partition coefficient (Wildman–Crippen LogP) is 3.87. The maximum absolute atomic E-state index is 12.9. The highest BCUT2D eigenvalue weighted by molar-refractivity contribution is 9.10. The van der Waals surface area contributed by atoms with E-state index in [9.17, 15) is 4.21 Å². The Morgan fingerprint density at radius 2 is 2.00 bits per heavy atom. The van der Waals surface area contributed by atoms with Crippen LogP contribution in [0.2, 0.25) is 0 Å². The van der Waals surface area contributed by atoms with Gasteiger partial charge in [0.15, 0.2) is 0 Å². The van der Waals surface area contributed by atoms with Crippen molar-refractivity contribution in [3.63, 3.8) is 0 Å². The summed E-state index contributed by atoms with van der Waals surface area (Å²) in [6.45, 7) is 3.08. The van der Waals surface area contributed by atoms with Gasteiger partial charge >= 0.3 is 0 Å². The summed E-state index contributed by atoms with van der Waals surface area (Å²) in [6.07, 6.45) is 5.93. The Bertz CT molecular complexity index is 438. The molecule has 1 fully saturated rings. The fourth-order valence-corrected chi connectivity index (χ4v) is 5.27. The summed E-state index contributed by atoms with van der Waals surface area (Å²) in [5, 5.41) is 3.77. The van der Waals surface area contributed by atoms with E-state index in [1.165, 1.54) is 19.3 Å². The Balaban J connectivity index is 2.21. The Kier molecular flexibility index (Phi) is 6.05. The second-order valence-corrected chi connectivity index (χ2v) is 7.56. The van der Waals surface area contributed by atoms with Crippen LogP contribution in [0, 0.1) is 0 Å². The third-order valence-electron chi connectivity index (χ3n) is 3.75. The molecule has 0 aromatic heterocycles. The fraction of sp³-hybridized carbons (Fsp3) is 0.600. The smallest absolute Gasteiger partial charge is 0.0588 e. The van der Waals surface area contributed by atoms with Crippen LogP contribution in [0.4, 0.5) is 0 Å². The van der Waals surface area contributed by atoms with E-state index in [1.54, 1.807) is 0 Å². The molecule has 1 saturated carbocycles. The molecule has 3 atom stereocenters. The van der Waals surface area contributed by atoms with Gasteiger partial charge in [0.2, 0.25) is 0 Å². The van der Waals surface area contributed by atoms with Crippen LogP contribution in [-0.2, 0) is 10.8 Å². The van der Waals surface area contributed by atoms with E-state index in [0.717, 1.165) is 28.8 Å². The molecule has 1 aromatic carbocycles. The summed E-state index contributed by atoms with van der Waals surface area (Å²) < 4.78 is 13.9. The summed E-state index contributed by atoms with van der Waals surface area (Å²) >= 11 is 3.53. The van der Waals surface area contributed by atoms with E-state index in [2.05, 4.69) is 28.2 Å². The van der Waals surface area contributed by atoms with E-state index in [0.29, 0.717) is 6.04 Å². The molecule has 0 aliphatic heterocycles. The molecule has 106 valence electrons. The summed E-state index contributed by atoms with van der Waals surface area (Å²) in [5.41, 5.74) is 0. The minimum atomic E-state index is -0.933. The maximum Gasteiger partial charge on any atom is 0.0588 e. The van der Waals surface area contributed by atoms with Crippen LogP contribution in [0.3, 0.4) is 0 Å². The summed E-state index contributed by atoms with van der Waals surface area (Å²) in [7, 11) is -0.933. The van der Waals surface area contributed by atoms with E-state index in [4.69, 9.17) is 0 Å². The minimum absolute atomic E-state index is 0.237. The number of hydrogen-bond acceptors (Lipinski definition) is 2. The Hall–Kier alpha value is -0.190. The first kappa shape index (κ1) is 15.2. The van der Waals surface area contributed by atoms with Crippen LogP contribution in [0.5, 0.6) is 0 Å². The molecular formula is C15H22BrNOS. The van der Waals surface area contributed by atoms with Crippen molar-refractivity contribution in [2.45, 2.75) is 55.2 Å². The topological polar surface area (TPSA) is 29.1 Å². The summed E-state index contributed by atoms with van der Waals surface area (Å²) in [6, 6.07) is 8.29. The van der Waals surface area contributed by atoms with E-state index in [-0.39, 0.29) is 5.25 Å². The molecule has 19 heavy (non-hydrogen) atoms. The molecular weight excluding hydrogens is 322 g/mol. The van der Waals surface area contributed by atoms with Crippen molar-refractivity contribution in [2.75, 3.05) is 6.54 Å². The van der Waals surface area contributed by atoms with Crippen LogP contribution >= 0.6 is 15.9 Å². The van der Waals surface area contributed by atoms with Crippen molar-refractivity contribution in [1.82, 2.24) is 5.32 Å². The van der Waals surface area contributed by atoms with Gasteiger partial charge in [0, 0.05) is 10.5 Å². The number of halogens is 1. The average Bonchev–Trinajstić information content (AvgIpc) is 2.64. The van der Waals surface area contributed by atoms with E-state index >= 15 is 0 Å². The highest BCUT2D eigenvalue weighted by atomic mass is 79.9. The zero-order valence-electron chi connectivity index (χ0n) is 11.4. The zero-order valence-corrected chi connectivity index (χ0v) is 13.8. The number of hydrogen-bond donors (Lipinski definition) is 1. The molecule has 0 amide bonds. The molecule has 4 heteroatoms. The second kappa shape index (κ2) is 7.55. The zero-order chi connectivity index (χ0) is 13.7. The maximum atomic E-state index is 12.9. The minimum Gasteiger partial charge on any atom is -0.313 e. The van der Waals surface area contributed by atoms with Gasteiger partial charge in [0.05, 0.1) is 20.9 Å². The van der Waals surface area contributed by atoms with Gasteiger partial charge in [-0.15, -0.1) is 0 Å². The molecule has 1 aromatic rings. The molecule has 0 radical (unpaired) electrons. The van der Waals surface area contributed by atoms with Gasteiger partial charge in [-0.1, -0.05) is 38.3 Å². The van der Waals surface area contributed by atoms with Gasteiger partial charge in [-0.25, -0.2) is 0 Å². The molecule has 1 aliphatic rings. The largest absolute Gasteiger partial charge is 0.313 e. The van der Waals surface area contributed by atoms with Gasteiger partial charge < -0.3 is 5.32 Å². The fourth-order valence-electron chi connectivity index (χ4n) is 2.80. The van der Waals surface area contributed by atoms with Gasteiger partial charge in [0.25, 0.3) is 0 Å². The average molecular weight is 344 g/mol. The Morgan fingerprint density at radius 3 is 2.74 bits per heavy atom. The molecule has 1 aliphatic carbocycles. The molecule has 0 bridgehead atoms. The van der Waals surface area contributed by atoms with Crippen LogP contribution in [0.15, 0.2) is 33.6 Å². The summed E-state index contributed by atoms with van der Waals surface area (Å²) in [4.78, 5) is 0.942. The lowest BCUT2D eigenvalue weighted by atomic mass is 10.1. The molecule has 2 nitrogen and oxygen atoms in total. The number of rotatable bonds is 4. The number of nitrogens with one attached hydrogen (secondary N) is 1. The molecule has 3 unspecified atom stereocenters. The van der Waals surface area contributed by atoms with Crippen LogP contribution in [0.1, 0.15) is 39.0 Å². The quantitative estimate of drug-likeness (QED) is 0.840.